The first-order chi connectivity index (χ1) is 14.7. The van der Waals surface area contributed by atoms with Crippen LogP contribution >= 0.6 is 34.7 Å². The van der Waals surface area contributed by atoms with E-state index >= 15 is 0 Å². The first-order valence-corrected chi connectivity index (χ1v) is 10.3. The summed E-state index contributed by atoms with van der Waals surface area (Å²) < 4.78 is 38.3. The van der Waals surface area contributed by atoms with Crippen LogP contribution in [0.2, 0.25) is 10.0 Å². The van der Waals surface area contributed by atoms with Gasteiger partial charge in [0.2, 0.25) is 5.88 Å². The molecule has 2 aromatic carbocycles. The Bertz CT molecular complexity index is 1130. The van der Waals surface area contributed by atoms with Gasteiger partial charge in [0.15, 0.2) is 17.4 Å². The topological polar surface area (TPSA) is 110 Å². The number of anilines is 2. The van der Waals surface area contributed by atoms with Crippen molar-refractivity contribution in [3.05, 3.63) is 57.6 Å². The number of aliphatic hydroxyl groups is 1. The number of rotatable bonds is 7. The number of amidine groups is 1. The van der Waals surface area contributed by atoms with Crippen LogP contribution in [0.4, 0.5) is 19.5 Å². The van der Waals surface area contributed by atoms with Gasteiger partial charge in [0.05, 0.1) is 16.8 Å². The van der Waals surface area contributed by atoms with E-state index in [0.29, 0.717) is 5.02 Å². The van der Waals surface area contributed by atoms with Crippen molar-refractivity contribution in [3.63, 3.8) is 0 Å². The smallest absolute Gasteiger partial charge is 0.236 e. The molecule has 7 nitrogen and oxygen atoms in total. The third kappa shape index (κ3) is 5.53. The number of nitrogens with zero attached hydrogens (tertiary/aromatic N) is 1. The Morgan fingerprint density at radius 3 is 2.68 bits per heavy atom. The van der Waals surface area contributed by atoms with Gasteiger partial charge in [-0.2, -0.15) is 4.37 Å². The molecule has 1 heterocycles. The largest absolute Gasteiger partial charge is 0.492 e. The van der Waals surface area contributed by atoms with Crippen molar-refractivity contribution in [2.45, 2.75) is 13.0 Å². The zero-order valence-corrected chi connectivity index (χ0v) is 18.2. The Labute approximate surface area is 189 Å². The highest BCUT2D eigenvalue weighted by Gasteiger charge is 2.21. The molecule has 5 N–H and O–H groups in total. The molecule has 0 bridgehead atoms. The molecule has 164 valence electrons. The van der Waals surface area contributed by atoms with E-state index < -0.39 is 29.4 Å². The fourth-order valence-electron chi connectivity index (χ4n) is 2.43. The quantitative estimate of drug-likeness (QED) is 0.229. The van der Waals surface area contributed by atoms with Crippen LogP contribution in [0, 0.1) is 17.0 Å². The molecule has 0 aliphatic carbocycles. The van der Waals surface area contributed by atoms with Gasteiger partial charge in [-0.25, -0.2) is 8.78 Å². The second kappa shape index (κ2) is 9.65. The van der Waals surface area contributed by atoms with E-state index in [1.165, 1.54) is 25.1 Å². The fourth-order valence-corrected chi connectivity index (χ4v) is 3.46. The summed E-state index contributed by atoms with van der Waals surface area (Å²) in [5.41, 5.74) is -0.313. The van der Waals surface area contributed by atoms with Crippen molar-refractivity contribution in [2.24, 2.45) is 0 Å². The molecule has 1 aromatic heterocycles. The molecular weight excluding hydrogens is 473 g/mol. The molecule has 3 rings (SSSR count). The Balaban J connectivity index is 1.85. The normalized spacial score (nSPS) is 11.8. The Morgan fingerprint density at radius 1 is 1.23 bits per heavy atom. The lowest BCUT2D eigenvalue weighted by Crippen LogP contribution is -2.30. The van der Waals surface area contributed by atoms with Crippen LogP contribution in [-0.4, -0.2) is 33.1 Å². The van der Waals surface area contributed by atoms with Crippen LogP contribution < -0.4 is 15.4 Å². The number of benzene rings is 2. The first kappa shape index (κ1) is 23.0. The van der Waals surface area contributed by atoms with Crippen molar-refractivity contribution >= 4 is 51.3 Å². The van der Waals surface area contributed by atoms with Crippen molar-refractivity contribution in [2.75, 3.05) is 11.9 Å². The number of ether oxygens (including phenoxy) is 1. The van der Waals surface area contributed by atoms with Gasteiger partial charge in [-0.1, -0.05) is 23.2 Å². The summed E-state index contributed by atoms with van der Waals surface area (Å²) in [6.07, 6.45) is -0.738. The number of aromatic nitrogens is 1. The second-order valence-corrected chi connectivity index (χ2v) is 8.00. The van der Waals surface area contributed by atoms with Gasteiger partial charge in [-0.3, -0.25) is 5.41 Å². The van der Waals surface area contributed by atoms with E-state index in [1.54, 1.807) is 0 Å². The lowest BCUT2D eigenvalue weighted by atomic mass is 10.2. The monoisotopic (exact) mass is 488 g/mol. The maximum Gasteiger partial charge on any atom is 0.236 e. The van der Waals surface area contributed by atoms with Gasteiger partial charge in [0.25, 0.3) is 0 Å². The zero-order chi connectivity index (χ0) is 22.7. The maximum absolute atomic E-state index is 14.6. The number of hydrogen-bond donors (Lipinski definition) is 5. The van der Waals surface area contributed by atoms with E-state index in [2.05, 4.69) is 15.0 Å². The average Bonchev–Trinajstić information content (AvgIpc) is 3.06. The third-order valence-corrected chi connectivity index (χ3v) is 5.18. The van der Waals surface area contributed by atoms with Gasteiger partial charge in [-0.15, -0.1) is 0 Å². The predicted molar refractivity (Wildman–Crippen MR) is 116 cm³/mol. The SMILES string of the molecule is CC(O)CNC(=N)c1c(O)nsc1Nc1cc(F)c(Oc2cc(Cl)ccc2Cl)cc1F. The zero-order valence-electron chi connectivity index (χ0n) is 15.8. The van der Waals surface area contributed by atoms with Crippen molar-refractivity contribution in [1.82, 2.24) is 9.69 Å². The van der Waals surface area contributed by atoms with Crippen LogP contribution in [0.5, 0.6) is 17.4 Å². The van der Waals surface area contributed by atoms with Crippen LogP contribution in [-0.2, 0) is 0 Å². The lowest BCUT2D eigenvalue weighted by molar-refractivity contribution is 0.198. The van der Waals surface area contributed by atoms with E-state index in [4.69, 9.17) is 33.3 Å². The minimum Gasteiger partial charge on any atom is -0.492 e. The van der Waals surface area contributed by atoms with E-state index in [1.807, 2.05) is 0 Å². The molecule has 0 fully saturated rings. The number of nitrogens with one attached hydrogen (secondary N) is 3. The predicted octanol–water partition coefficient (Wildman–Crippen LogP) is 5.27. The Morgan fingerprint density at radius 2 is 1.97 bits per heavy atom. The molecule has 31 heavy (non-hydrogen) atoms. The summed E-state index contributed by atoms with van der Waals surface area (Å²) in [6.45, 7) is 1.57. The molecular formula is C19H16Cl2F2N4O3S. The average molecular weight is 489 g/mol. The van der Waals surface area contributed by atoms with Crippen molar-refractivity contribution in [1.29, 1.82) is 5.41 Å². The molecule has 0 amide bonds. The molecule has 0 spiro atoms. The van der Waals surface area contributed by atoms with Gasteiger partial charge in [-0.05, 0) is 30.6 Å². The second-order valence-electron chi connectivity index (χ2n) is 6.38. The number of aliphatic hydroxyl groups excluding tert-OH is 1. The number of hydrogen-bond acceptors (Lipinski definition) is 7. The van der Waals surface area contributed by atoms with Crippen LogP contribution in [0.3, 0.4) is 0 Å². The summed E-state index contributed by atoms with van der Waals surface area (Å²) >= 11 is 12.6. The van der Waals surface area contributed by atoms with Gasteiger partial charge < -0.3 is 25.6 Å². The lowest BCUT2D eigenvalue weighted by Gasteiger charge is -2.13. The molecule has 0 saturated heterocycles. The third-order valence-electron chi connectivity index (χ3n) is 3.88. The van der Waals surface area contributed by atoms with Crippen molar-refractivity contribution in [3.8, 4) is 17.4 Å². The highest BCUT2D eigenvalue weighted by atomic mass is 35.5. The highest BCUT2D eigenvalue weighted by Crippen LogP contribution is 2.37. The highest BCUT2D eigenvalue weighted by molar-refractivity contribution is 7.11. The summed E-state index contributed by atoms with van der Waals surface area (Å²) in [4.78, 5) is 0. The van der Waals surface area contributed by atoms with Crippen LogP contribution in [0.15, 0.2) is 30.3 Å². The number of halogens is 4. The minimum absolute atomic E-state index is 0.0449. The Kier molecular flexibility index (Phi) is 7.16. The maximum atomic E-state index is 14.6. The molecule has 0 aliphatic rings. The standard InChI is InChI=1S/C19H16Cl2F2N4O3S/c1-8(28)7-25-17(24)16-18(29)27-31-19(16)26-13-5-12(23)15(6-11(13)22)30-14-4-9(20)2-3-10(14)21/h2-6,8,26,28H,7H2,1H3,(H2,24,25)(H,27,29). The summed E-state index contributed by atoms with van der Waals surface area (Å²) in [5, 5.41) is 33.1. The van der Waals surface area contributed by atoms with Crippen molar-refractivity contribution < 1.29 is 23.7 Å². The summed E-state index contributed by atoms with van der Waals surface area (Å²) in [7, 11) is 0. The summed E-state index contributed by atoms with van der Waals surface area (Å²) in [5.74, 6) is -2.82. The van der Waals surface area contributed by atoms with E-state index in [-0.39, 0.29) is 39.4 Å². The molecule has 3 aromatic rings. The molecule has 0 saturated carbocycles. The van der Waals surface area contributed by atoms with E-state index in [0.717, 1.165) is 23.7 Å². The van der Waals surface area contributed by atoms with Gasteiger partial charge >= 0.3 is 0 Å². The minimum atomic E-state index is -0.891. The van der Waals surface area contributed by atoms with Gasteiger partial charge in [0.1, 0.15) is 22.1 Å². The molecule has 12 heteroatoms. The van der Waals surface area contributed by atoms with Crippen LogP contribution in [0.25, 0.3) is 0 Å². The summed E-state index contributed by atoms with van der Waals surface area (Å²) in [6, 6.07) is 6.03. The molecule has 0 radical (unpaired) electrons. The molecule has 1 unspecified atom stereocenters. The fraction of sp³-hybridized carbons (Fsp3) is 0.158. The van der Waals surface area contributed by atoms with E-state index in [9.17, 15) is 19.0 Å². The number of aromatic hydroxyl groups is 1. The Hall–Kier alpha value is -2.66. The van der Waals surface area contributed by atoms with Gasteiger partial charge in [0, 0.05) is 29.8 Å². The first-order valence-electron chi connectivity index (χ1n) is 8.74. The molecule has 1 atom stereocenters. The van der Waals surface area contributed by atoms with Crippen LogP contribution in [0.1, 0.15) is 12.5 Å². The molecule has 0 aliphatic heterocycles.